The average molecular weight is 213 g/mol. The van der Waals surface area contributed by atoms with Crippen molar-refractivity contribution in [3.63, 3.8) is 0 Å². The Balaban J connectivity index is 2.24. The largest absolute Gasteiger partial charge is 0.327 e. The zero-order chi connectivity index (χ0) is 11.3. The molecule has 2 N–H and O–H groups in total. The van der Waals surface area contributed by atoms with Gasteiger partial charge < -0.3 is 15.5 Å². The summed E-state index contributed by atoms with van der Waals surface area (Å²) in [4.78, 5) is 4.88. The molecule has 1 saturated heterocycles. The van der Waals surface area contributed by atoms with Crippen molar-refractivity contribution in [2.24, 2.45) is 5.73 Å². The van der Waals surface area contributed by atoms with E-state index in [2.05, 4.69) is 30.8 Å². The number of hydrogen-bond donors (Lipinski definition) is 1. The summed E-state index contributed by atoms with van der Waals surface area (Å²) < 4.78 is 0. The lowest BCUT2D eigenvalue weighted by Gasteiger charge is -2.36. The van der Waals surface area contributed by atoms with Gasteiger partial charge in [0.05, 0.1) is 0 Å². The van der Waals surface area contributed by atoms with E-state index >= 15 is 0 Å². The third-order valence-electron chi connectivity index (χ3n) is 3.49. The first-order valence-electron chi connectivity index (χ1n) is 6.27. The van der Waals surface area contributed by atoms with E-state index < -0.39 is 0 Å². The minimum Gasteiger partial charge on any atom is -0.327 e. The Bertz CT molecular complexity index is 164. The predicted molar refractivity (Wildman–Crippen MR) is 66.0 cm³/mol. The second-order valence-electron chi connectivity index (χ2n) is 5.02. The maximum Gasteiger partial charge on any atom is 0.0167 e. The zero-order valence-electron chi connectivity index (χ0n) is 10.6. The molecule has 0 spiro atoms. The number of hydrogen-bond acceptors (Lipinski definition) is 3. The summed E-state index contributed by atoms with van der Waals surface area (Å²) in [7, 11) is 4.44. The van der Waals surface area contributed by atoms with Gasteiger partial charge in [-0.1, -0.05) is 13.3 Å². The molecule has 1 aliphatic heterocycles. The van der Waals surface area contributed by atoms with Gasteiger partial charge >= 0.3 is 0 Å². The van der Waals surface area contributed by atoms with Crippen LogP contribution in [-0.2, 0) is 0 Å². The van der Waals surface area contributed by atoms with Crippen LogP contribution in [0.15, 0.2) is 0 Å². The number of nitrogens with two attached hydrogens (primary N) is 1. The minimum absolute atomic E-state index is 0.361. The van der Waals surface area contributed by atoms with Crippen LogP contribution in [0.25, 0.3) is 0 Å². The summed E-state index contributed by atoms with van der Waals surface area (Å²) in [5, 5.41) is 0. The Labute approximate surface area is 94.6 Å². The molecule has 0 saturated carbocycles. The number of likely N-dealkylation sites (tertiary alicyclic amines) is 1. The molecule has 0 aromatic carbocycles. The number of rotatable bonds is 5. The molecule has 0 amide bonds. The molecule has 1 atom stereocenters. The van der Waals surface area contributed by atoms with Crippen LogP contribution in [0.3, 0.4) is 0 Å². The van der Waals surface area contributed by atoms with Gasteiger partial charge in [0.2, 0.25) is 0 Å². The molecule has 1 aliphatic rings. The SMILES string of the molecule is CCC[C@@H](N)CN(C)C1CCN(C)CC1. The normalized spacial score (nSPS) is 22.2. The smallest absolute Gasteiger partial charge is 0.0167 e. The highest BCUT2D eigenvalue weighted by molar-refractivity contribution is 4.78. The molecular formula is C12H27N3. The maximum atomic E-state index is 6.07. The van der Waals surface area contributed by atoms with Crippen molar-refractivity contribution in [2.75, 3.05) is 33.7 Å². The van der Waals surface area contributed by atoms with Crippen molar-refractivity contribution in [1.29, 1.82) is 0 Å². The van der Waals surface area contributed by atoms with Crippen LogP contribution in [0.4, 0.5) is 0 Å². The van der Waals surface area contributed by atoms with E-state index in [4.69, 9.17) is 5.73 Å². The molecule has 0 unspecified atom stereocenters. The van der Waals surface area contributed by atoms with Crippen LogP contribution in [-0.4, -0.2) is 55.6 Å². The Hall–Kier alpha value is -0.120. The molecule has 3 heteroatoms. The highest BCUT2D eigenvalue weighted by Crippen LogP contribution is 2.14. The third kappa shape index (κ3) is 4.49. The molecule has 1 fully saturated rings. The van der Waals surface area contributed by atoms with E-state index in [0.29, 0.717) is 6.04 Å². The molecule has 3 nitrogen and oxygen atoms in total. The lowest BCUT2D eigenvalue weighted by Crippen LogP contribution is -2.46. The fourth-order valence-electron chi connectivity index (χ4n) is 2.42. The Kier molecular flexibility index (Phi) is 5.58. The molecule has 1 rings (SSSR count). The van der Waals surface area contributed by atoms with Crippen molar-refractivity contribution in [3.05, 3.63) is 0 Å². The van der Waals surface area contributed by atoms with Crippen molar-refractivity contribution in [2.45, 2.75) is 44.7 Å². The third-order valence-corrected chi connectivity index (χ3v) is 3.49. The molecule has 0 bridgehead atoms. The molecule has 1 heterocycles. The topological polar surface area (TPSA) is 32.5 Å². The van der Waals surface area contributed by atoms with E-state index in [-0.39, 0.29) is 0 Å². The highest BCUT2D eigenvalue weighted by atomic mass is 15.2. The summed E-state index contributed by atoms with van der Waals surface area (Å²) in [6, 6.07) is 1.11. The summed E-state index contributed by atoms with van der Waals surface area (Å²) >= 11 is 0. The Morgan fingerprint density at radius 1 is 1.40 bits per heavy atom. The van der Waals surface area contributed by atoms with Gasteiger partial charge in [0.15, 0.2) is 0 Å². The van der Waals surface area contributed by atoms with Gasteiger partial charge in [-0.2, -0.15) is 0 Å². The average Bonchev–Trinajstić information content (AvgIpc) is 2.18. The Morgan fingerprint density at radius 2 is 2.00 bits per heavy atom. The van der Waals surface area contributed by atoms with Gasteiger partial charge in [-0.15, -0.1) is 0 Å². The van der Waals surface area contributed by atoms with Gasteiger partial charge in [0, 0.05) is 18.6 Å². The number of piperidine rings is 1. The number of likely N-dealkylation sites (N-methyl/N-ethyl adjacent to an activating group) is 1. The van der Waals surface area contributed by atoms with Gasteiger partial charge in [-0.05, 0) is 46.4 Å². The van der Waals surface area contributed by atoms with E-state index in [1.54, 1.807) is 0 Å². The highest BCUT2D eigenvalue weighted by Gasteiger charge is 2.21. The van der Waals surface area contributed by atoms with Crippen LogP contribution >= 0.6 is 0 Å². The van der Waals surface area contributed by atoms with Crippen molar-refractivity contribution < 1.29 is 0 Å². The molecule has 90 valence electrons. The number of nitrogens with zero attached hydrogens (tertiary/aromatic N) is 2. The van der Waals surface area contributed by atoms with Crippen LogP contribution in [0.1, 0.15) is 32.6 Å². The monoisotopic (exact) mass is 213 g/mol. The quantitative estimate of drug-likeness (QED) is 0.743. The summed E-state index contributed by atoms with van der Waals surface area (Å²) in [5.41, 5.74) is 6.07. The molecule has 0 radical (unpaired) electrons. The summed E-state index contributed by atoms with van der Waals surface area (Å²) in [6.45, 7) is 5.73. The fraction of sp³-hybridized carbons (Fsp3) is 1.00. The van der Waals surface area contributed by atoms with E-state index in [9.17, 15) is 0 Å². The van der Waals surface area contributed by atoms with Crippen LogP contribution in [0.5, 0.6) is 0 Å². The first-order chi connectivity index (χ1) is 7.13. The fourth-order valence-corrected chi connectivity index (χ4v) is 2.42. The van der Waals surface area contributed by atoms with Gasteiger partial charge in [0.25, 0.3) is 0 Å². The second-order valence-corrected chi connectivity index (χ2v) is 5.02. The van der Waals surface area contributed by atoms with Gasteiger partial charge in [-0.25, -0.2) is 0 Å². The lowest BCUT2D eigenvalue weighted by atomic mass is 10.0. The summed E-state index contributed by atoms with van der Waals surface area (Å²) in [5.74, 6) is 0. The Morgan fingerprint density at radius 3 is 2.53 bits per heavy atom. The van der Waals surface area contributed by atoms with E-state index in [1.807, 2.05) is 0 Å². The zero-order valence-corrected chi connectivity index (χ0v) is 10.6. The second kappa shape index (κ2) is 6.46. The van der Waals surface area contributed by atoms with Gasteiger partial charge in [-0.3, -0.25) is 0 Å². The van der Waals surface area contributed by atoms with Crippen molar-refractivity contribution in [1.82, 2.24) is 9.80 Å². The summed E-state index contributed by atoms with van der Waals surface area (Å²) in [6.07, 6.45) is 4.94. The van der Waals surface area contributed by atoms with Crippen molar-refractivity contribution in [3.8, 4) is 0 Å². The molecular weight excluding hydrogens is 186 g/mol. The van der Waals surface area contributed by atoms with Crippen LogP contribution < -0.4 is 5.73 Å². The maximum absolute atomic E-state index is 6.07. The first-order valence-corrected chi connectivity index (χ1v) is 6.27. The molecule has 0 aromatic heterocycles. The van der Waals surface area contributed by atoms with Crippen LogP contribution in [0, 0.1) is 0 Å². The molecule has 0 aliphatic carbocycles. The van der Waals surface area contributed by atoms with Crippen LogP contribution in [0.2, 0.25) is 0 Å². The standard InChI is InChI=1S/C12H27N3/c1-4-5-11(13)10-15(3)12-6-8-14(2)9-7-12/h11-12H,4-10,13H2,1-3H3/t11-/m1/s1. The van der Waals surface area contributed by atoms with E-state index in [0.717, 1.165) is 19.0 Å². The lowest BCUT2D eigenvalue weighted by molar-refractivity contribution is 0.138. The van der Waals surface area contributed by atoms with Gasteiger partial charge in [0.1, 0.15) is 0 Å². The van der Waals surface area contributed by atoms with Crippen molar-refractivity contribution >= 4 is 0 Å². The first kappa shape index (κ1) is 12.9. The van der Waals surface area contributed by atoms with E-state index in [1.165, 1.54) is 32.4 Å². The predicted octanol–water partition coefficient (Wildman–Crippen LogP) is 1.14. The minimum atomic E-state index is 0.361. The molecule has 0 aromatic rings. The molecule has 15 heavy (non-hydrogen) atoms.